The van der Waals surface area contributed by atoms with Crippen LogP contribution in [0.3, 0.4) is 0 Å². The van der Waals surface area contributed by atoms with E-state index in [1.807, 2.05) is 0 Å². The van der Waals surface area contributed by atoms with Gasteiger partial charge in [0.25, 0.3) is 0 Å². The van der Waals surface area contributed by atoms with E-state index >= 15 is 0 Å². The minimum absolute atomic E-state index is 0.271. The van der Waals surface area contributed by atoms with Gasteiger partial charge in [0.05, 0.1) is 6.17 Å². The van der Waals surface area contributed by atoms with Crippen LogP contribution in [0.25, 0.3) is 0 Å². The van der Waals surface area contributed by atoms with Crippen molar-refractivity contribution in [1.82, 2.24) is 10.6 Å². The first-order valence-corrected chi connectivity index (χ1v) is 12.6. The van der Waals surface area contributed by atoms with E-state index in [0.717, 1.165) is 44.4 Å². The molecule has 0 rings (SSSR count). The van der Waals surface area contributed by atoms with Crippen LogP contribution in [0.4, 0.5) is 0 Å². The highest BCUT2D eigenvalue weighted by Crippen LogP contribution is 2.15. The lowest BCUT2D eigenvalue weighted by atomic mass is 10.3. The van der Waals surface area contributed by atoms with Crippen molar-refractivity contribution in [2.75, 3.05) is 55.7 Å². The van der Waals surface area contributed by atoms with E-state index in [0.29, 0.717) is 0 Å². The first kappa shape index (κ1) is 25.1. The Hall–Kier alpha value is 0.114. The Balaban J connectivity index is 4.04. The summed E-state index contributed by atoms with van der Waals surface area (Å²) in [7, 11) is 4.95. The lowest BCUT2D eigenvalue weighted by Gasteiger charge is -2.26. The Morgan fingerprint density at radius 2 is 0.960 bits per heavy atom. The molecule has 0 aliphatic rings. The van der Waals surface area contributed by atoms with Gasteiger partial charge in [0, 0.05) is 54.7 Å². The van der Waals surface area contributed by atoms with Crippen molar-refractivity contribution in [3.63, 3.8) is 0 Å². The fraction of sp³-hybridized carbons (Fsp3) is 1.00. The van der Waals surface area contributed by atoms with Crippen LogP contribution in [0.15, 0.2) is 0 Å². The lowest BCUT2D eigenvalue weighted by Crippen LogP contribution is -2.46. The van der Waals surface area contributed by atoms with E-state index in [1.54, 1.807) is 42.7 Å². The van der Waals surface area contributed by atoms with Crippen LogP contribution in [0.1, 0.15) is 26.2 Å². The molecule has 8 nitrogen and oxygen atoms in total. The Morgan fingerprint density at radius 1 is 0.640 bits per heavy atom. The molecule has 0 aliphatic carbocycles. The van der Waals surface area contributed by atoms with Gasteiger partial charge < -0.3 is 37.2 Å². The SMILES string of the molecule is CCC(NCCC[Si](OC)(OC)OC)NCCC[Si](OC)(OC)OC. The van der Waals surface area contributed by atoms with Crippen LogP contribution in [0.5, 0.6) is 0 Å². The molecule has 0 radical (unpaired) electrons. The highest BCUT2D eigenvalue weighted by atomic mass is 28.4. The summed E-state index contributed by atoms with van der Waals surface area (Å²) < 4.78 is 32.6. The number of hydrogen-bond donors (Lipinski definition) is 2. The molecular weight excluding hydrogens is 360 g/mol. The van der Waals surface area contributed by atoms with Crippen molar-refractivity contribution >= 4 is 17.6 Å². The van der Waals surface area contributed by atoms with E-state index in [1.165, 1.54) is 0 Å². The Labute approximate surface area is 155 Å². The minimum atomic E-state index is -2.46. The molecule has 2 N–H and O–H groups in total. The molecule has 0 amide bonds. The molecule has 0 aromatic carbocycles. The number of nitrogens with one attached hydrogen (secondary N) is 2. The summed E-state index contributed by atoms with van der Waals surface area (Å²) in [6.45, 7) is 3.91. The molecule has 0 fully saturated rings. The summed E-state index contributed by atoms with van der Waals surface area (Å²) in [6, 6.07) is 1.59. The van der Waals surface area contributed by atoms with Crippen LogP contribution in [0.2, 0.25) is 12.1 Å². The molecule has 152 valence electrons. The van der Waals surface area contributed by atoms with Gasteiger partial charge in [-0.15, -0.1) is 0 Å². The topological polar surface area (TPSA) is 79.4 Å². The monoisotopic (exact) mass is 398 g/mol. The van der Waals surface area contributed by atoms with Crippen molar-refractivity contribution in [2.24, 2.45) is 0 Å². The number of hydrogen-bond acceptors (Lipinski definition) is 8. The zero-order valence-corrected chi connectivity index (χ0v) is 19.0. The summed E-state index contributed by atoms with van der Waals surface area (Å²) in [6.07, 6.45) is 3.15. The second kappa shape index (κ2) is 14.2. The van der Waals surface area contributed by atoms with E-state index in [2.05, 4.69) is 17.6 Å². The van der Waals surface area contributed by atoms with E-state index in [4.69, 9.17) is 26.6 Å². The van der Waals surface area contributed by atoms with E-state index in [9.17, 15) is 0 Å². The van der Waals surface area contributed by atoms with Gasteiger partial charge in [0.15, 0.2) is 0 Å². The van der Waals surface area contributed by atoms with Gasteiger partial charge in [-0.2, -0.15) is 0 Å². The second-order valence-corrected chi connectivity index (χ2v) is 11.8. The quantitative estimate of drug-likeness (QED) is 0.216. The maximum absolute atomic E-state index is 5.43. The van der Waals surface area contributed by atoms with Gasteiger partial charge in [-0.3, -0.25) is 0 Å². The van der Waals surface area contributed by atoms with Gasteiger partial charge in [0.2, 0.25) is 0 Å². The van der Waals surface area contributed by atoms with Crippen LogP contribution >= 0.6 is 0 Å². The van der Waals surface area contributed by atoms with Crippen LogP contribution in [0, 0.1) is 0 Å². The fourth-order valence-electron chi connectivity index (χ4n) is 2.64. The van der Waals surface area contributed by atoms with Crippen LogP contribution in [-0.4, -0.2) is 79.5 Å². The van der Waals surface area contributed by atoms with Gasteiger partial charge in [-0.1, -0.05) is 6.92 Å². The molecule has 0 bridgehead atoms. The second-order valence-electron chi connectivity index (χ2n) is 5.67. The molecule has 0 spiro atoms. The normalized spacial score (nSPS) is 13.0. The Morgan fingerprint density at radius 3 is 1.20 bits per heavy atom. The molecule has 0 aromatic heterocycles. The highest BCUT2D eigenvalue weighted by Gasteiger charge is 2.37. The largest absolute Gasteiger partial charge is 0.500 e. The molecule has 0 aromatic rings. The zero-order chi connectivity index (χ0) is 19.2. The maximum Gasteiger partial charge on any atom is 0.500 e. The summed E-state index contributed by atoms with van der Waals surface area (Å²) in [5.41, 5.74) is 0. The van der Waals surface area contributed by atoms with E-state index in [-0.39, 0.29) is 6.17 Å². The first-order chi connectivity index (χ1) is 12.0. The molecule has 0 aliphatic heterocycles. The smallest absolute Gasteiger partial charge is 0.377 e. The number of rotatable bonds is 17. The molecule has 0 heterocycles. The summed E-state index contributed by atoms with van der Waals surface area (Å²) in [4.78, 5) is 0. The Bertz CT molecular complexity index is 276. The molecule has 0 saturated carbocycles. The fourth-order valence-corrected chi connectivity index (χ4v) is 6.08. The van der Waals surface area contributed by atoms with Crippen molar-refractivity contribution < 1.29 is 26.6 Å². The van der Waals surface area contributed by atoms with Gasteiger partial charge in [0.1, 0.15) is 0 Å². The molecule has 0 saturated heterocycles. The van der Waals surface area contributed by atoms with Crippen molar-refractivity contribution in [3.8, 4) is 0 Å². The van der Waals surface area contributed by atoms with Crippen molar-refractivity contribution in [2.45, 2.75) is 44.4 Å². The average molecular weight is 399 g/mol. The zero-order valence-electron chi connectivity index (χ0n) is 17.0. The predicted molar refractivity (Wildman–Crippen MR) is 102 cm³/mol. The molecule has 10 heteroatoms. The molecule has 25 heavy (non-hydrogen) atoms. The predicted octanol–water partition coefficient (Wildman–Crippen LogP) is 1.44. The first-order valence-electron chi connectivity index (χ1n) is 8.78. The molecule has 0 atom stereocenters. The minimum Gasteiger partial charge on any atom is -0.377 e. The third kappa shape index (κ3) is 9.04. The van der Waals surface area contributed by atoms with Crippen LogP contribution in [-0.2, 0) is 26.6 Å². The van der Waals surface area contributed by atoms with Crippen molar-refractivity contribution in [3.05, 3.63) is 0 Å². The third-order valence-corrected chi connectivity index (χ3v) is 10.0. The van der Waals surface area contributed by atoms with Gasteiger partial charge in [-0.05, 0) is 32.4 Å². The van der Waals surface area contributed by atoms with Crippen molar-refractivity contribution in [1.29, 1.82) is 0 Å². The highest BCUT2D eigenvalue weighted by molar-refractivity contribution is 6.60. The van der Waals surface area contributed by atoms with Gasteiger partial charge >= 0.3 is 17.6 Å². The molecular formula is C15H38N2O6Si2. The van der Waals surface area contributed by atoms with Gasteiger partial charge in [-0.25, -0.2) is 0 Å². The lowest BCUT2D eigenvalue weighted by molar-refractivity contribution is 0.122. The summed E-state index contributed by atoms with van der Waals surface area (Å²) in [5.74, 6) is 0. The summed E-state index contributed by atoms with van der Waals surface area (Å²) >= 11 is 0. The third-order valence-electron chi connectivity index (χ3n) is 4.38. The Kier molecular flexibility index (Phi) is 14.3. The van der Waals surface area contributed by atoms with Crippen LogP contribution < -0.4 is 10.6 Å². The van der Waals surface area contributed by atoms with E-state index < -0.39 is 17.6 Å². The average Bonchev–Trinajstić information content (AvgIpc) is 2.67. The molecule has 0 unspecified atom stereocenters. The standard InChI is InChI=1S/C15H38N2O6Si2/c1-8-15(16-11-9-13-24(18-2,19-3)20-4)17-12-10-14-25(21-5,22-6)23-7/h15-17H,8-14H2,1-7H3. The summed E-state index contributed by atoms with van der Waals surface area (Å²) in [5, 5.41) is 7.03. The maximum atomic E-state index is 5.43.